The molecule has 4 rings (SSSR count). The summed E-state index contributed by atoms with van der Waals surface area (Å²) < 4.78 is 24.9. The number of sulfone groups is 1. The number of nitrogens with two attached hydrogens (primary N) is 2. The van der Waals surface area contributed by atoms with Crippen LogP contribution in [0.1, 0.15) is 31.4 Å². The molecule has 0 unspecified atom stereocenters. The highest BCUT2D eigenvalue weighted by atomic mass is 32.2. The van der Waals surface area contributed by atoms with Crippen molar-refractivity contribution in [2.24, 2.45) is 5.73 Å². The second-order valence-corrected chi connectivity index (χ2v) is 10.2. The molecule has 2 aromatic rings. The first-order valence-corrected chi connectivity index (χ1v) is 11.1. The van der Waals surface area contributed by atoms with Crippen LogP contribution in [0.25, 0.3) is 11.4 Å². The van der Waals surface area contributed by atoms with Gasteiger partial charge in [-0.05, 0) is 49.9 Å². The minimum absolute atomic E-state index is 0.0463. The predicted molar refractivity (Wildman–Crippen MR) is 114 cm³/mol. The van der Waals surface area contributed by atoms with Crippen LogP contribution in [-0.2, 0) is 14.6 Å². The van der Waals surface area contributed by atoms with Gasteiger partial charge in [0.25, 0.3) is 0 Å². The molecule has 11 heteroatoms. The summed E-state index contributed by atoms with van der Waals surface area (Å²) in [7, 11) is -3.28. The average molecular weight is 430 g/mol. The number of carbonyl (C=O) groups is 1. The molecule has 2 aliphatic carbocycles. The highest BCUT2D eigenvalue weighted by molar-refractivity contribution is 7.93. The number of hydrogen-bond acceptors (Lipinski definition) is 7. The van der Waals surface area contributed by atoms with Crippen molar-refractivity contribution in [2.75, 3.05) is 17.6 Å². The number of rotatable bonds is 7. The lowest BCUT2D eigenvalue weighted by Crippen LogP contribution is -2.35. The summed E-state index contributed by atoms with van der Waals surface area (Å²) in [5.41, 5.74) is 12.8. The fourth-order valence-electron chi connectivity index (χ4n) is 3.38. The summed E-state index contributed by atoms with van der Waals surface area (Å²) in [4.78, 5) is 20.6. The minimum Gasteiger partial charge on any atom is -0.386 e. The van der Waals surface area contributed by atoms with Crippen LogP contribution in [0.3, 0.4) is 0 Å². The molecular weight excluding hydrogens is 406 g/mol. The third kappa shape index (κ3) is 3.80. The molecule has 2 saturated carbocycles. The first-order valence-electron chi connectivity index (χ1n) is 9.58. The summed E-state index contributed by atoms with van der Waals surface area (Å²) in [6, 6.07) is 7.85. The van der Waals surface area contributed by atoms with Crippen molar-refractivity contribution in [2.45, 2.75) is 35.7 Å². The summed E-state index contributed by atoms with van der Waals surface area (Å²) in [6.45, 7) is -0.0463. The van der Waals surface area contributed by atoms with Crippen molar-refractivity contribution < 1.29 is 13.2 Å². The Hall–Kier alpha value is -3.21. The van der Waals surface area contributed by atoms with E-state index in [-0.39, 0.29) is 23.4 Å². The average Bonchev–Trinajstić information content (AvgIpc) is 3.59. The molecule has 7 N–H and O–H groups in total. The molecule has 2 aliphatic rings. The summed E-state index contributed by atoms with van der Waals surface area (Å²) in [6.07, 6.45) is 2.54. The molecular formula is C19H23N7O3S. The van der Waals surface area contributed by atoms with Crippen molar-refractivity contribution >= 4 is 33.2 Å². The Morgan fingerprint density at radius 1 is 1.20 bits per heavy atom. The van der Waals surface area contributed by atoms with Gasteiger partial charge in [0.15, 0.2) is 15.7 Å². The smallest absolute Gasteiger partial charge is 0.319 e. The summed E-state index contributed by atoms with van der Waals surface area (Å²) in [5, 5.41) is 11.9. The Morgan fingerprint density at radius 2 is 1.87 bits per heavy atom. The van der Waals surface area contributed by atoms with Crippen LogP contribution in [-0.4, -0.2) is 42.0 Å². The zero-order valence-electron chi connectivity index (χ0n) is 16.2. The fourth-order valence-corrected chi connectivity index (χ4v) is 5.84. The zero-order valence-corrected chi connectivity index (χ0v) is 17.0. The van der Waals surface area contributed by atoms with Crippen LogP contribution in [0.15, 0.2) is 30.3 Å². The number of anilines is 2. The first kappa shape index (κ1) is 20.1. The number of nitrogens with zero attached hydrogens (tertiary/aromatic N) is 2. The Morgan fingerprint density at radius 3 is 2.43 bits per heavy atom. The lowest BCUT2D eigenvalue weighted by atomic mass is 10.1. The molecule has 2 amide bonds. The molecule has 1 aromatic carbocycles. The van der Waals surface area contributed by atoms with Gasteiger partial charge in [0, 0.05) is 17.3 Å². The molecule has 0 atom stereocenters. The Bertz CT molecular complexity index is 1110. The van der Waals surface area contributed by atoms with E-state index in [4.69, 9.17) is 16.9 Å². The van der Waals surface area contributed by atoms with E-state index in [1.165, 1.54) is 0 Å². The lowest BCUT2D eigenvalue weighted by molar-refractivity contribution is 0.253. The molecule has 0 saturated heterocycles. The predicted octanol–water partition coefficient (Wildman–Crippen LogP) is 1.35. The molecule has 1 heterocycles. The van der Waals surface area contributed by atoms with E-state index in [1.54, 1.807) is 30.3 Å². The number of hydrogen-bond donors (Lipinski definition) is 5. The number of aromatic nitrogens is 2. The number of urea groups is 1. The number of benzene rings is 1. The van der Waals surface area contributed by atoms with Gasteiger partial charge in [0.1, 0.15) is 16.4 Å². The van der Waals surface area contributed by atoms with Crippen molar-refractivity contribution in [1.29, 1.82) is 5.41 Å². The second-order valence-electron chi connectivity index (χ2n) is 7.65. The highest BCUT2D eigenvalue weighted by Crippen LogP contribution is 2.57. The first-order chi connectivity index (χ1) is 14.2. The standard InChI is InChI=1S/C19H23N7O3S/c20-15(21)10-23-18(27)24-12-3-1-11(2-4-12)17-25-14(9-16(22)26-17)19(7-8-19)30(28,29)13-5-6-13/h1-4,9,13H,5-8,10H2,(H3,20,21)(H2,22,25,26)(H2,23,24,27). The maximum absolute atomic E-state index is 12.9. The van der Waals surface area contributed by atoms with Crippen LogP contribution < -0.4 is 22.1 Å². The molecule has 158 valence electrons. The maximum Gasteiger partial charge on any atom is 0.319 e. The van der Waals surface area contributed by atoms with E-state index in [1.807, 2.05) is 0 Å². The van der Waals surface area contributed by atoms with Crippen molar-refractivity contribution in [1.82, 2.24) is 15.3 Å². The molecule has 0 radical (unpaired) electrons. The van der Waals surface area contributed by atoms with E-state index >= 15 is 0 Å². The molecule has 1 aromatic heterocycles. The van der Waals surface area contributed by atoms with Gasteiger partial charge < -0.3 is 22.1 Å². The quantitative estimate of drug-likeness (QED) is 0.326. The van der Waals surface area contributed by atoms with Gasteiger partial charge in [0.05, 0.1) is 17.5 Å². The third-order valence-corrected chi connectivity index (χ3v) is 8.32. The van der Waals surface area contributed by atoms with Gasteiger partial charge in [-0.25, -0.2) is 23.2 Å². The lowest BCUT2D eigenvalue weighted by Gasteiger charge is -2.17. The minimum atomic E-state index is -3.28. The Labute approximate surface area is 173 Å². The third-order valence-electron chi connectivity index (χ3n) is 5.27. The number of nitrogen functional groups attached to an aromatic ring is 1. The van der Waals surface area contributed by atoms with Gasteiger partial charge in [-0.2, -0.15) is 0 Å². The van der Waals surface area contributed by atoms with Crippen molar-refractivity contribution in [3.05, 3.63) is 36.0 Å². The van der Waals surface area contributed by atoms with E-state index in [0.29, 0.717) is 48.5 Å². The van der Waals surface area contributed by atoms with E-state index in [0.717, 1.165) is 0 Å². The summed E-state index contributed by atoms with van der Waals surface area (Å²) >= 11 is 0. The van der Waals surface area contributed by atoms with Gasteiger partial charge in [-0.3, -0.25) is 5.41 Å². The number of carbonyl (C=O) groups excluding carboxylic acids is 1. The summed E-state index contributed by atoms with van der Waals surface area (Å²) in [5.74, 6) is 0.417. The van der Waals surface area contributed by atoms with Crippen molar-refractivity contribution in [3.63, 3.8) is 0 Å². The molecule has 10 nitrogen and oxygen atoms in total. The maximum atomic E-state index is 12.9. The van der Waals surface area contributed by atoms with Crippen LogP contribution in [0.4, 0.5) is 16.3 Å². The van der Waals surface area contributed by atoms with E-state index in [9.17, 15) is 13.2 Å². The van der Waals surface area contributed by atoms with Crippen LogP contribution >= 0.6 is 0 Å². The zero-order chi connectivity index (χ0) is 21.5. The Kier molecular flexibility index (Phi) is 4.85. The van der Waals surface area contributed by atoms with Gasteiger partial charge in [-0.15, -0.1) is 0 Å². The fraction of sp³-hybridized carbons (Fsp3) is 0.368. The van der Waals surface area contributed by atoms with E-state index in [2.05, 4.69) is 20.6 Å². The molecule has 0 bridgehead atoms. The second kappa shape index (κ2) is 7.24. The normalized spacial score (nSPS) is 17.2. The molecule has 30 heavy (non-hydrogen) atoms. The van der Waals surface area contributed by atoms with Gasteiger partial charge in [-0.1, -0.05) is 0 Å². The Balaban J connectivity index is 1.55. The van der Waals surface area contributed by atoms with Gasteiger partial charge in [0.2, 0.25) is 0 Å². The highest BCUT2D eigenvalue weighted by Gasteiger charge is 2.61. The molecule has 0 spiro atoms. The number of nitrogens with one attached hydrogen (secondary N) is 3. The largest absolute Gasteiger partial charge is 0.386 e. The number of amides is 2. The van der Waals surface area contributed by atoms with Crippen LogP contribution in [0, 0.1) is 5.41 Å². The number of amidine groups is 1. The molecule has 2 fully saturated rings. The monoisotopic (exact) mass is 429 g/mol. The SMILES string of the molecule is N=C(N)CNC(=O)Nc1ccc(-c2nc(N)cc(C3(S(=O)(=O)C4CC4)CC3)n2)cc1. The molecule has 0 aliphatic heterocycles. The van der Waals surface area contributed by atoms with E-state index < -0.39 is 20.6 Å². The van der Waals surface area contributed by atoms with Crippen molar-refractivity contribution in [3.8, 4) is 11.4 Å². The van der Waals surface area contributed by atoms with Gasteiger partial charge >= 0.3 is 6.03 Å². The van der Waals surface area contributed by atoms with Crippen LogP contribution in [0.2, 0.25) is 0 Å². The van der Waals surface area contributed by atoms with Crippen LogP contribution in [0.5, 0.6) is 0 Å². The topological polar surface area (TPSA) is 177 Å².